The van der Waals surface area contributed by atoms with E-state index in [4.69, 9.17) is 9.84 Å². The summed E-state index contributed by atoms with van der Waals surface area (Å²) in [5.41, 5.74) is 0.657. The van der Waals surface area contributed by atoms with Gasteiger partial charge in [-0.2, -0.15) is 0 Å². The van der Waals surface area contributed by atoms with E-state index < -0.39 is 18.7 Å². The molecule has 0 bridgehead atoms. The first-order valence-electron chi connectivity index (χ1n) is 4.96. The summed E-state index contributed by atoms with van der Waals surface area (Å²) in [6.45, 7) is 2.87. The lowest BCUT2D eigenvalue weighted by atomic mass is 10.2. The molecule has 92 valence electrons. The van der Waals surface area contributed by atoms with E-state index in [9.17, 15) is 9.18 Å². The fourth-order valence-electron chi connectivity index (χ4n) is 1.27. The molecule has 1 atom stereocenters. The van der Waals surface area contributed by atoms with Crippen molar-refractivity contribution in [1.82, 2.24) is 0 Å². The lowest BCUT2D eigenvalue weighted by Gasteiger charge is -2.15. The van der Waals surface area contributed by atoms with Crippen LogP contribution in [0.4, 0.5) is 4.39 Å². The lowest BCUT2D eigenvalue weighted by molar-refractivity contribution is -0.145. The third-order valence-electron chi connectivity index (χ3n) is 2.11. The van der Waals surface area contributed by atoms with Crippen molar-refractivity contribution < 1.29 is 19.0 Å². The highest BCUT2D eigenvalue weighted by Gasteiger charge is 2.20. The number of aliphatic carboxylic acids is 1. The quantitative estimate of drug-likeness (QED) is 0.877. The third-order valence-corrected chi connectivity index (χ3v) is 2.60. The molecule has 0 amide bonds. The summed E-state index contributed by atoms with van der Waals surface area (Å²) in [6.07, 6.45) is 0.191. The van der Waals surface area contributed by atoms with E-state index in [-0.39, 0.29) is 6.42 Å². The Bertz CT molecular complexity index is 420. The fraction of sp³-hybridized carbons (Fsp3) is 0.250. The number of carboxylic acids is 1. The zero-order valence-electron chi connectivity index (χ0n) is 9.03. The van der Waals surface area contributed by atoms with Gasteiger partial charge < -0.3 is 9.84 Å². The Kier molecular flexibility index (Phi) is 5.15. The van der Waals surface area contributed by atoms with E-state index in [0.29, 0.717) is 11.3 Å². The SMILES string of the molecule is C=Cc1cc(Br)ccc1OC(CCF)C(=O)O. The molecule has 1 rings (SSSR count). The first-order valence-corrected chi connectivity index (χ1v) is 5.75. The molecule has 1 aromatic carbocycles. The molecular formula is C12H12BrFO3. The highest BCUT2D eigenvalue weighted by Crippen LogP contribution is 2.25. The summed E-state index contributed by atoms with van der Waals surface area (Å²) in [7, 11) is 0. The summed E-state index contributed by atoms with van der Waals surface area (Å²) in [6, 6.07) is 5.09. The van der Waals surface area contributed by atoms with Crippen molar-refractivity contribution in [2.45, 2.75) is 12.5 Å². The smallest absolute Gasteiger partial charge is 0.344 e. The Morgan fingerprint density at radius 3 is 2.88 bits per heavy atom. The molecule has 1 aromatic rings. The number of hydrogen-bond donors (Lipinski definition) is 1. The average molecular weight is 303 g/mol. The minimum Gasteiger partial charge on any atom is -0.479 e. The number of carboxylic acid groups (broad SMARTS) is 1. The number of benzene rings is 1. The van der Waals surface area contributed by atoms with E-state index in [1.165, 1.54) is 0 Å². The van der Waals surface area contributed by atoms with Crippen LogP contribution in [0.5, 0.6) is 5.75 Å². The van der Waals surface area contributed by atoms with Gasteiger partial charge in [-0.25, -0.2) is 4.79 Å². The number of hydrogen-bond acceptors (Lipinski definition) is 2. The molecule has 0 saturated heterocycles. The summed E-state index contributed by atoms with van der Waals surface area (Å²) in [4.78, 5) is 10.8. The number of carbonyl (C=O) groups is 1. The Morgan fingerprint density at radius 1 is 1.65 bits per heavy atom. The average Bonchev–Trinajstić information content (AvgIpc) is 2.30. The minimum atomic E-state index is -1.18. The topological polar surface area (TPSA) is 46.5 Å². The van der Waals surface area contributed by atoms with Crippen LogP contribution < -0.4 is 4.74 Å². The number of rotatable bonds is 6. The van der Waals surface area contributed by atoms with Crippen molar-refractivity contribution in [2.24, 2.45) is 0 Å². The van der Waals surface area contributed by atoms with Crippen LogP contribution in [0.25, 0.3) is 6.08 Å². The zero-order valence-corrected chi connectivity index (χ0v) is 10.6. The predicted octanol–water partition coefficient (Wildman–Crippen LogP) is 3.28. The summed E-state index contributed by atoms with van der Waals surface area (Å²) < 4.78 is 18.3. The summed E-state index contributed by atoms with van der Waals surface area (Å²) in [5, 5.41) is 8.86. The van der Waals surface area contributed by atoms with Gasteiger partial charge in [0.15, 0.2) is 6.10 Å². The molecule has 0 aliphatic heterocycles. The van der Waals surface area contributed by atoms with Crippen LogP contribution in [0.1, 0.15) is 12.0 Å². The molecule has 5 heteroatoms. The minimum absolute atomic E-state index is 0.179. The molecule has 0 heterocycles. The van der Waals surface area contributed by atoms with Crippen LogP contribution in [0.3, 0.4) is 0 Å². The highest BCUT2D eigenvalue weighted by molar-refractivity contribution is 9.10. The molecule has 0 aliphatic carbocycles. The van der Waals surface area contributed by atoms with Crippen LogP contribution >= 0.6 is 15.9 Å². The maximum absolute atomic E-state index is 12.2. The van der Waals surface area contributed by atoms with Gasteiger partial charge in [-0.3, -0.25) is 4.39 Å². The molecule has 0 radical (unpaired) electrons. The predicted molar refractivity (Wildman–Crippen MR) is 66.9 cm³/mol. The maximum atomic E-state index is 12.2. The second-order valence-corrected chi connectivity index (χ2v) is 4.22. The lowest BCUT2D eigenvalue weighted by Crippen LogP contribution is -2.27. The molecule has 0 saturated carbocycles. The van der Waals surface area contributed by atoms with Crippen molar-refractivity contribution in [3.05, 3.63) is 34.8 Å². The van der Waals surface area contributed by atoms with Gasteiger partial charge in [-0.15, -0.1) is 0 Å². The van der Waals surface area contributed by atoms with Crippen LogP contribution in [-0.2, 0) is 4.79 Å². The Balaban J connectivity index is 2.92. The molecule has 0 aliphatic rings. The molecule has 0 fully saturated rings. The molecule has 1 unspecified atom stereocenters. The van der Waals surface area contributed by atoms with Gasteiger partial charge in [-0.1, -0.05) is 28.6 Å². The van der Waals surface area contributed by atoms with Gasteiger partial charge in [0.05, 0.1) is 6.67 Å². The first kappa shape index (κ1) is 13.7. The Hall–Kier alpha value is -1.36. The van der Waals surface area contributed by atoms with E-state index in [2.05, 4.69) is 22.5 Å². The summed E-state index contributed by atoms with van der Waals surface area (Å²) in [5.74, 6) is -0.801. The van der Waals surface area contributed by atoms with Crippen molar-refractivity contribution in [3.8, 4) is 5.75 Å². The van der Waals surface area contributed by atoms with Crippen molar-refractivity contribution in [3.63, 3.8) is 0 Å². The van der Waals surface area contributed by atoms with E-state index in [1.54, 1.807) is 24.3 Å². The second-order valence-electron chi connectivity index (χ2n) is 3.31. The maximum Gasteiger partial charge on any atom is 0.344 e. The first-order chi connectivity index (χ1) is 8.08. The van der Waals surface area contributed by atoms with Gasteiger partial charge in [0.2, 0.25) is 0 Å². The fourth-order valence-corrected chi connectivity index (χ4v) is 1.65. The van der Waals surface area contributed by atoms with E-state index in [1.807, 2.05) is 0 Å². The van der Waals surface area contributed by atoms with Crippen LogP contribution in [0.15, 0.2) is 29.3 Å². The zero-order chi connectivity index (χ0) is 12.8. The van der Waals surface area contributed by atoms with Crippen LogP contribution in [0, 0.1) is 0 Å². The normalized spacial score (nSPS) is 11.9. The second kappa shape index (κ2) is 6.39. The van der Waals surface area contributed by atoms with E-state index >= 15 is 0 Å². The molecule has 0 spiro atoms. The molecule has 1 N–H and O–H groups in total. The number of alkyl halides is 1. The van der Waals surface area contributed by atoms with E-state index in [0.717, 1.165) is 4.47 Å². The number of halogens is 2. The molecule has 17 heavy (non-hydrogen) atoms. The third kappa shape index (κ3) is 3.85. The standard InChI is InChI=1S/C12H12BrFO3/c1-2-8-7-9(13)3-4-10(8)17-11(5-6-14)12(15)16/h2-4,7,11H,1,5-6H2,(H,15,16). The van der Waals surface area contributed by atoms with Crippen LogP contribution in [0.2, 0.25) is 0 Å². The van der Waals surface area contributed by atoms with Gasteiger partial charge >= 0.3 is 5.97 Å². The monoisotopic (exact) mass is 302 g/mol. The van der Waals surface area contributed by atoms with Crippen molar-refractivity contribution in [2.75, 3.05) is 6.67 Å². The molecular weight excluding hydrogens is 291 g/mol. The Labute approximate surface area is 107 Å². The van der Waals surface area contributed by atoms with Gasteiger partial charge in [0, 0.05) is 16.5 Å². The van der Waals surface area contributed by atoms with Gasteiger partial charge in [0.1, 0.15) is 5.75 Å². The van der Waals surface area contributed by atoms with Crippen molar-refractivity contribution in [1.29, 1.82) is 0 Å². The molecule has 0 aromatic heterocycles. The molecule has 3 nitrogen and oxygen atoms in total. The Morgan fingerprint density at radius 2 is 2.35 bits per heavy atom. The van der Waals surface area contributed by atoms with Crippen LogP contribution in [-0.4, -0.2) is 23.9 Å². The summed E-state index contributed by atoms with van der Waals surface area (Å²) >= 11 is 3.28. The number of ether oxygens (including phenoxy) is 1. The van der Waals surface area contributed by atoms with Gasteiger partial charge in [0.25, 0.3) is 0 Å². The largest absolute Gasteiger partial charge is 0.479 e. The van der Waals surface area contributed by atoms with Gasteiger partial charge in [-0.05, 0) is 18.2 Å². The highest BCUT2D eigenvalue weighted by atomic mass is 79.9. The van der Waals surface area contributed by atoms with Crippen molar-refractivity contribution >= 4 is 28.0 Å².